The summed E-state index contributed by atoms with van der Waals surface area (Å²) in [5.41, 5.74) is 0.697. The molecule has 8 nitrogen and oxygen atoms in total. The number of rotatable bonds is 7. The minimum Gasteiger partial charge on any atom is -0.494 e. The smallest absolute Gasteiger partial charge is 0.260 e. The van der Waals surface area contributed by atoms with Gasteiger partial charge >= 0.3 is 0 Å². The summed E-state index contributed by atoms with van der Waals surface area (Å²) in [6.07, 6.45) is 1.61. The number of anilines is 1. The lowest BCUT2D eigenvalue weighted by Gasteiger charge is -2.35. The molecule has 0 saturated carbocycles. The van der Waals surface area contributed by atoms with Gasteiger partial charge in [0.25, 0.3) is 5.91 Å². The maximum Gasteiger partial charge on any atom is 0.260 e. The van der Waals surface area contributed by atoms with Crippen molar-refractivity contribution in [3.8, 4) is 23.0 Å². The molecular formula is C22H24N4O4. The second kappa shape index (κ2) is 9.30. The van der Waals surface area contributed by atoms with E-state index in [4.69, 9.17) is 13.9 Å². The number of ether oxygens (including phenoxy) is 2. The third kappa shape index (κ3) is 4.71. The molecule has 4 rings (SSSR count). The first kappa shape index (κ1) is 19.8. The van der Waals surface area contributed by atoms with Crippen molar-refractivity contribution >= 4 is 11.7 Å². The second-order valence-corrected chi connectivity index (χ2v) is 6.82. The zero-order valence-corrected chi connectivity index (χ0v) is 16.9. The van der Waals surface area contributed by atoms with E-state index in [1.807, 2.05) is 54.3 Å². The van der Waals surface area contributed by atoms with Crippen molar-refractivity contribution in [1.29, 1.82) is 0 Å². The predicted molar refractivity (Wildman–Crippen MR) is 112 cm³/mol. The molecule has 156 valence electrons. The van der Waals surface area contributed by atoms with Crippen LogP contribution in [0.5, 0.6) is 11.5 Å². The Morgan fingerprint density at radius 2 is 1.80 bits per heavy atom. The van der Waals surface area contributed by atoms with E-state index in [1.54, 1.807) is 12.3 Å². The lowest BCUT2D eigenvalue weighted by Crippen LogP contribution is -2.50. The molecule has 0 radical (unpaired) electrons. The highest BCUT2D eigenvalue weighted by atomic mass is 16.5. The first-order valence-electron chi connectivity index (χ1n) is 9.99. The number of hydrogen-bond acceptors (Lipinski definition) is 7. The SMILES string of the molecule is CCOc1cccc(OCC(=O)N2CCN(c3ccc(-c4ccco4)nn3)CC2)c1. The second-order valence-electron chi connectivity index (χ2n) is 6.82. The molecular weight excluding hydrogens is 384 g/mol. The highest BCUT2D eigenvalue weighted by Gasteiger charge is 2.22. The van der Waals surface area contributed by atoms with E-state index in [2.05, 4.69) is 15.1 Å². The third-order valence-corrected chi connectivity index (χ3v) is 4.86. The summed E-state index contributed by atoms with van der Waals surface area (Å²) in [6, 6.07) is 14.8. The van der Waals surface area contributed by atoms with Crippen molar-refractivity contribution in [2.45, 2.75) is 6.92 Å². The van der Waals surface area contributed by atoms with Crippen molar-refractivity contribution in [3.63, 3.8) is 0 Å². The molecule has 1 aliphatic rings. The van der Waals surface area contributed by atoms with E-state index in [1.165, 1.54) is 0 Å². The predicted octanol–water partition coefficient (Wildman–Crippen LogP) is 2.86. The van der Waals surface area contributed by atoms with Crippen LogP contribution in [0.2, 0.25) is 0 Å². The van der Waals surface area contributed by atoms with Crippen molar-refractivity contribution in [2.24, 2.45) is 0 Å². The molecule has 2 aromatic heterocycles. The maximum atomic E-state index is 12.5. The Labute approximate surface area is 175 Å². The van der Waals surface area contributed by atoms with Crippen molar-refractivity contribution in [3.05, 3.63) is 54.8 Å². The van der Waals surface area contributed by atoms with E-state index >= 15 is 0 Å². The Bertz CT molecular complexity index is 952. The number of nitrogens with zero attached hydrogens (tertiary/aromatic N) is 4. The zero-order valence-electron chi connectivity index (χ0n) is 16.9. The van der Waals surface area contributed by atoms with Crippen LogP contribution in [0, 0.1) is 0 Å². The number of carbonyl (C=O) groups is 1. The van der Waals surface area contributed by atoms with E-state index in [9.17, 15) is 4.79 Å². The molecule has 1 saturated heterocycles. The maximum absolute atomic E-state index is 12.5. The molecule has 0 spiro atoms. The number of benzene rings is 1. The molecule has 0 atom stereocenters. The largest absolute Gasteiger partial charge is 0.494 e. The van der Waals surface area contributed by atoms with Crippen LogP contribution in [0.4, 0.5) is 5.82 Å². The number of carbonyl (C=O) groups excluding carboxylic acids is 1. The lowest BCUT2D eigenvalue weighted by molar-refractivity contribution is -0.133. The van der Waals surface area contributed by atoms with Gasteiger partial charge in [0.2, 0.25) is 0 Å². The summed E-state index contributed by atoms with van der Waals surface area (Å²) in [5.74, 6) is 2.81. The van der Waals surface area contributed by atoms with Gasteiger partial charge in [-0.25, -0.2) is 0 Å². The highest BCUT2D eigenvalue weighted by Crippen LogP contribution is 2.21. The fourth-order valence-corrected chi connectivity index (χ4v) is 3.29. The van der Waals surface area contributed by atoms with Gasteiger partial charge < -0.3 is 23.7 Å². The Morgan fingerprint density at radius 3 is 2.47 bits per heavy atom. The van der Waals surface area contributed by atoms with Crippen LogP contribution >= 0.6 is 0 Å². The number of hydrogen-bond donors (Lipinski definition) is 0. The number of aromatic nitrogens is 2. The molecule has 1 amide bonds. The molecule has 1 fully saturated rings. The first-order valence-corrected chi connectivity index (χ1v) is 9.99. The minimum absolute atomic E-state index is 0.00717. The normalized spacial score (nSPS) is 13.9. The van der Waals surface area contributed by atoms with Crippen molar-refractivity contribution in [2.75, 3.05) is 44.3 Å². The van der Waals surface area contributed by atoms with E-state index in [0.717, 1.165) is 11.6 Å². The average molecular weight is 408 g/mol. The van der Waals surface area contributed by atoms with E-state index in [0.29, 0.717) is 50.0 Å². The van der Waals surface area contributed by atoms with E-state index < -0.39 is 0 Å². The van der Waals surface area contributed by atoms with Gasteiger partial charge in [-0.2, -0.15) is 0 Å². The number of piperazine rings is 1. The summed E-state index contributed by atoms with van der Waals surface area (Å²) in [4.78, 5) is 16.4. The Morgan fingerprint density at radius 1 is 1.00 bits per heavy atom. The van der Waals surface area contributed by atoms with Gasteiger partial charge in [0.05, 0.1) is 12.9 Å². The van der Waals surface area contributed by atoms with Crippen LogP contribution in [0.25, 0.3) is 11.5 Å². The summed E-state index contributed by atoms with van der Waals surface area (Å²) in [7, 11) is 0. The first-order chi connectivity index (χ1) is 14.7. The summed E-state index contributed by atoms with van der Waals surface area (Å²) >= 11 is 0. The van der Waals surface area contributed by atoms with Crippen molar-refractivity contribution in [1.82, 2.24) is 15.1 Å². The summed E-state index contributed by atoms with van der Waals surface area (Å²) < 4.78 is 16.4. The third-order valence-electron chi connectivity index (χ3n) is 4.86. The van der Waals surface area contributed by atoms with Gasteiger partial charge in [-0.05, 0) is 43.3 Å². The summed E-state index contributed by atoms with van der Waals surface area (Å²) in [5, 5.41) is 8.54. The van der Waals surface area contributed by atoms with Gasteiger partial charge in [0.1, 0.15) is 17.2 Å². The zero-order chi connectivity index (χ0) is 20.8. The molecule has 30 heavy (non-hydrogen) atoms. The molecule has 3 aromatic rings. The van der Waals surface area contributed by atoms with Crippen LogP contribution in [0.3, 0.4) is 0 Å². The van der Waals surface area contributed by atoms with Gasteiger partial charge in [-0.1, -0.05) is 6.07 Å². The van der Waals surface area contributed by atoms with Crippen LogP contribution in [-0.2, 0) is 4.79 Å². The van der Waals surface area contributed by atoms with Crippen molar-refractivity contribution < 1.29 is 18.7 Å². The molecule has 1 aliphatic heterocycles. The molecule has 0 unspecified atom stereocenters. The average Bonchev–Trinajstić information content (AvgIpc) is 3.33. The fourth-order valence-electron chi connectivity index (χ4n) is 3.29. The van der Waals surface area contributed by atoms with Crippen LogP contribution < -0.4 is 14.4 Å². The molecule has 0 bridgehead atoms. The monoisotopic (exact) mass is 408 g/mol. The van der Waals surface area contributed by atoms with Gasteiger partial charge in [-0.15, -0.1) is 10.2 Å². The van der Waals surface area contributed by atoms with Crippen LogP contribution in [-0.4, -0.2) is 60.4 Å². The van der Waals surface area contributed by atoms with Crippen LogP contribution in [0.15, 0.2) is 59.2 Å². The minimum atomic E-state index is -0.0317. The Balaban J connectivity index is 1.27. The Hall–Kier alpha value is -3.55. The highest BCUT2D eigenvalue weighted by molar-refractivity contribution is 5.78. The number of amides is 1. The van der Waals surface area contributed by atoms with Gasteiger partial charge in [0.15, 0.2) is 18.2 Å². The van der Waals surface area contributed by atoms with Gasteiger partial charge in [-0.3, -0.25) is 4.79 Å². The molecule has 0 aliphatic carbocycles. The van der Waals surface area contributed by atoms with Gasteiger partial charge in [0, 0.05) is 32.2 Å². The van der Waals surface area contributed by atoms with E-state index in [-0.39, 0.29) is 12.5 Å². The Kier molecular flexibility index (Phi) is 6.12. The standard InChI is InChI=1S/C22H24N4O4/c1-2-28-17-5-3-6-18(15-17)30-16-22(27)26-12-10-25(11-13-26)21-9-8-19(23-24-21)20-7-4-14-29-20/h3-9,14-15H,2,10-13,16H2,1H3. The van der Waals surface area contributed by atoms with Crippen LogP contribution in [0.1, 0.15) is 6.92 Å². The lowest BCUT2D eigenvalue weighted by atomic mass is 10.2. The fraction of sp³-hybridized carbons (Fsp3) is 0.318. The molecule has 8 heteroatoms. The topological polar surface area (TPSA) is 80.9 Å². The molecule has 3 heterocycles. The molecule has 0 N–H and O–H groups in total. The summed E-state index contributed by atoms with van der Waals surface area (Å²) in [6.45, 7) is 5.14. The number of furan rings is 1. The quantitative estimate of drug-likeness (QED) is 0.595. The molecule has 1 aromatic carbocycles.